The highest BCUT2D eigenvalue weighted by Crippen LogP contribution is 2.30. The molecule has 1 saturated heterocycles. The standard InChI is InChI=1S/C14H17N3O3/c1-19-9-6-10(14(15)18)11-8-16-17(12(11)7-9)13-4-2-3-5-20-13/h6-8,13H,2-5H2,1H3,(H2,15,18). The van der Waals surface area contributed by atoms with Crippen molar-refractivity contribution in [1.82, 2.24) is 9.78 Å². The zero-order chi connectivity index (χ0) is 14.1. The van der Waals surface area contributed by atoms with Gasteiger partial charge in [-0.2, -0.15) is 5.10 Å². The molecule has 2 N–H and O–H groups in total. The quantitative estimate of drug-likeness (QED) is 0.927. The first kappa shape index (κ1) is 12.9. The third-order valence-corrected chi connectivity index (χ3v) is 3.62. The van der Waals surface area contributed by atoms with E-state index in [9.17, 15) is 4.79 Å². The van der Waals surface area contributed by atoms with Crippen LogP contribution in [-0.4, -0.2) is 29.4 Å². The van der Waals surface area contributed by atoms with E-state index in [0.29, 0.717) is 11.3 Å². The molecule has 1 aliphatic heterocycles. The Balaban J connectivity index is 2.14. The van der Waals surface area contributed by atoms with Gasteiger partial charge in [-0.1, -0.05) is 0 Å². The number of nitrogens with zero attached hydrogens (tertiary/aromatic N) is 2. The summed E-state index contributed by atoms with van der Waals surface area (Å²) in [6.07, 6.45) is 4.67. The maximum atomic E-state index is 11.6. The van der Waals surface area contributed by atoms with Gasteiger partial charge in [-0.05, 0) is 25.3 Å². The van der Waals surface area contributed by atoms with E-state index in [4.69, 9.17) is 15.2 Å². The van der Waals surface area contributed by atoms with Crippen LogP contribution in [0, 0.1) is 0 Å². The summed E-state index contributed by atoms with van der Waals surface area (Å²) in [5, 5.41) is 5.09. The summed E-state index contributed by atoms with van der Waals surface area (Å²) in [6, 6.07) is 3.49. The lowest BCUT2D eigenvalue weighted by molar-refractivity contribution is -0.0366. The highest BCUT2D eigenvalue weighted by Gasteiger charge is 2.21. The van der Waals surface area contributed by atoms with E-state index in [1.54, 1.807) is 19.4 Å². The lowest BCUT2D eigenvalue weighted by Gasteiger charge is -2.23. The summed E-state index contributed by atoms with van der Waals surface area (Å²) in [6.45, 7) is 0.735. The number of carbonyl (C=O) groups is 1. The monoisotopic (exact) mass is 275 g/mol. The van der Waals surface area contributed by atoms with E-state index in [0.717, 1.165) is 36.8 Å². The van der Waals surface area contributed by atoms with Gasteiger partial charge in [0.25, 0.3) is 0 Å². The summed E-state index contributed by atoms with van der Waals surface area (Å²) in [7, 11) is 1.56. The van der Waals surface area contributed by atoms with Crippen LogP contribution in [0.1, 0.15) is 35.8 Å². The fraction of sp³-hybridized carbons (Fsp3) is 0.429. The number of hydrogen-bond donors (Lipinski definition) is 1. The fourth-order valence-electron chi connectivity index (χ4n) is 2.59. The predicted molar refractivity (Wildman–Crippen MR) is 73.6 cm³/mol. The van der Waals surface area contributed by atoms with Crippen LogP contribution in [0.15, 0.2) is 18.3 Å². The third-order valence-electron chi connectivity index (χ3n) is 3.62. The summed E-state index contributed by atoms with van der Waals surface area (Å²) in [5.74, 6) is 0.0990. The second-order valence-corrected chi connectivity index (χ2v) is 4.88. The van der Waals surface area contributed by atoms with Crippen molar-refractivity contribution in [2.45, 2.75) is 25.5 Å². The van der Waals surface area contributed by atoms with E-state index >= 15 is 0 Å². The van der Waals surface area contributed by atoms with Crippen molar-refractivity contribution in [1.29, 1.82) is 0 Å². The van der Waals surface area contributed by atoms with Crippen LogP contribution in [0.5, 0.6) is 5.75 Å². The molecule has 1 unspecified atom stereocenters. The Labute approximate surface area is 116 Å². The molecule has 0 spiro atoms. The summed E-state index contributed by atoms with van der Waals surface area (Å²) >= 11 is 0. The molecule has 0 radical (unpaired) electrons. The molecule has 1 atom stereocenters. The smallest absolute Gasteiger partial charge is 0.249 e. The number of amides is 1. The summed E-state index contributed by atoms with van der Waals surface area (Å²) in [4.78, 5) is 11.6. The molecule has 1 aromatic carbocycles. The zero-order valence-corrected chi connectivity index (χ0v) is 11.3. The molecule has 1 fully saturated rings. The molecule has 0 aliphatic carbocycles. The summed E-state index contributed by atoms with van der Waals surface area (Å²) in [5.41, 5.74) is 6.66. The van der Waals surface area contributed by atoms with Crippen LogP contribution in [-0.2, 0) is 4.74 Å². The first-order chi connectivity index (χ1) is 9.70. The minimum Gasteiger partial charge on any atom is -0.497 e. The number of benzene rings is 1. The molecule has 3 rings (SSSR count). The van der Waals surface area contributed by atoms with Gasteiger partial charge in [0.2, 0.25) is 5.91 Å². The molecule has 6 nitrogen and oxygen atoms in total. The molecule has 1 amide bonds. The third kappa shape index (κ3) is 2.12. The minimum atomic E-state index is -0.488. The molecule has 106 valence electrons. The van der Waals surface area contributed by atoms with Crippen molar-refractivity contribution in [3.63, 3.8) is 0 Å². The van der Waals surface area contributed by atoms with Gasteiger partial charge >= 0.3 is 0 Å². The highest BCUT2D eigenvalue weighted by molar-refractivity contribution is 6.06. The van der Waals surface area contributed by atoms with E-state index in [1.165, 1.54) is 0 Å². The molecule has 20 heavy (non-hydrogen) atoms. The molecule has 1 aromatic heterocycles. The summed E-state index contributed by atoms with van der Waals surface area (Å²) < 4.78 is 12.8. The van der Waals surface area contributed by atoms with E-state index < -0.39 is 5.91 Å². The largest absolute Gasteiger partial charge is 0.497 e. The van der Waals surface area contributed by atoms with Crippen molar-refractivity contribution in [2.75, 3.05) is 13.7 Å². The molecule has 2 aromatic rings. The van der Waals surface area contributed by atoms with E-state index in [1.807, 2.05) is 10.7 Å². The Morgan fingerprint density at radius 2 is 2.35 bits per heavy atom. The van der Waals surface area contributed by atoms with Gasteiger partial charge in [0.1, 0.15) is 5.75 Å². The number of primary amides is 1. The van der Waals surface area contributed by atoms with Crippen LogP contribution in [0.3, 0.4) is 0 Å². The molecular weight excluding hydrogens is 258 g/mol. The number of fused-ring (bicyclic) bond motifs is 1. The van der Waals surface area contributed by atoms with Crippen LogP contribution < -0.4 is 10.5 Å². The van der Waals surface area contributed by atoms with Crippen LogP contribution >= 0.6 is 0 Å². The number of aromatic nitrogens is 2. The van der Waals surface area contributed by atoms with Crippen molar-refractivity contribution < 1.29 is 14.3 Å². The fourth-order valence-corrected chi connectivity index (χ4v) is 2.59. The van der Waals surface area contributed by atoms with Crippen molar-refractivity contribution >= 4 is 16.8 Å². The number of hydrogen-bond acceptors (Lipinski definition) is 4. The second kappa shape index (κ2) is 5.13. The Morgan fingerprint density at radius 3 is 3.00 bits per heavy atom. The van der Waals surface area contributed by atoms with Gasteiger partial charge in [0.15, 0.2) is 6.23 Å². The zero-order valence-electron chi connectivity index (χ0n) is 11.3. The number of methoxy groups -OCH3 is 1. The maximum Gasteiger partial charge on any atom is 0.249 e. The first-order valence-electron chi connectivity index (χ1n) is 6.67. The van der Waals surface area contributed by atoms with Crippen LogP contribution in [0.4, 0.5) is 0 Å². The van der Waals surface area contributed by atoms with Crippen molar-refractivity contribution in [3.8, 4) is 5.75 Å². The average Bonchev–Trinajstić information content (AvgIpc) is 2.90. The predicted octanol–water partition coefficient (Wildman–Crippen LogP) is 1.84. The van der Waals surface area contributed by atoms with Gasteiger partial charge in [0.05, 0.1) is 24.4 Å². The lowest BCUT2D eigenvalue weighted by atomic mass is 10.1. The highest BCUT2D eigenvalue weighted by atomic mass is 16.5. The molecule has 2 heterocycles. The molecular formula is C14H17N3O3. The number of rotatable bonds is 3. The lowest BCUT2D eigenvalue weighted by Crippen LogP contribution is -2.19. The number of ether oxygens (including phenoxy) is 2. The van der Waals surface area contributed by atoms with E-state index in [2.05, 4.69) is 5.10 Å². The normalized spacial score (nSPS) is 19.1. The van der Waals surface area contributed by atoms with Gasteiger partial charge < -0.3 is 15.2 Å². The van der Waals surface area contributed by atoms with Gasteiger partial charge in [0, 0.05) is 18.1 Å². The van der Waals surface area contributed by atoms with Crippen LogP contribution in [0.2, 0.25) is 0 Å². The Hall–Kier alpha value is -2.08. The maximum absolute atomic E-state index is 11.6. The molecule has 6 heteroatoms. The van der Waals surface area contributed by atoms with Crippen LogP contribution in [0.25, 0.3) is 10.9 Å². The van der Waals surface area contributed by atoms with Gasteiger partial charge in [-0.15, -0.1) is 0 Å². The average molecular weight is 275 g/mol. The van der Waals surface area contributed by atoms with Gasteiger partial charge in [-0.3, -0.25) is 4.79 Å². The second-order valence-electron chi connectivity index (χ2n) is 4.88. The molecule has 0 bridgehead atoms. The minimum absolute atomic E-state index is 0.0888. The molecule has 1 aliphatic rings. The molecule has 0 saturated carbocycles. The van der Waals surface area contributed by atoms with Gasteiger partial charge in [-0.25, -0.2) is 4.68 Å². The Bertz CT molecular complexity index is 644. The van der Waals surface area contributed by atoms with Crippen molar-refractivity contribution in [2.24, 2.45) is 5.73 Å². The topological polar surface area (TPSA) is 79.4 Å². The van der Waals surface area contributed by atoms with E-state index in [-0.39, 0.29) is 6.23 Å². The SMILES string of the molecule is COc1cc(C(N)=O)c2cnn(C3CCCCO3)c2c1. The number of carbonyl (C=O) groups excluding carboxylic acids is 1. The Kier molecular flexibility index (Phi) is 3.31. The van der Waals surface area contributed by atoms with Crippen molar-refractivity contribution in [3.05, 3.63) is 23.9 Å². The first-order valence-corrected chi connectivity index (χ1v) is 6.67. The number of nitrogens with two attached hydrogens (primary N) is 1. The Morgan fingerprint density at radius 1 is 1.50 bits per heavy atom.